The van der Waals surface area contributed by atoms with Crippen molar-refractivity contribution in [2.24, 2.45) is 0 Å². The summed E-state index contributed by atoms with van der Waals surface area (Å²) in [4.78, 5) is 2.35. The minimum absolute atomic E-state index is 0.0358. The van der Waals surface area contributed by atoms with E-state index in [4.69, 9.17) is 18.0 Å². The predicted molar refractivity (Wildman–Crippen MR) is 88.0 cm³/mol. The molecule has 0 spiro atoms. The van der Waals surface area contributed by atoms with Gasteiger partial charge in [0, 0.05) is 52.5 Å². The lowest BCUT2D eigenvalue weighted by atomic mass is 10.2. The quantitative estimate of drug-likeness (QED) is 0.314. The summed E-state index contributed by atoms with van der Waals surface area (Å²) in [6.45, 7) is 11.5. The molecule has 0 aliphatic carbocycles. The maximum atomic E-state index is 6.03. The van der Waals surface area contributed by atoms with E-state index < -0.39 is 8.80 Å². The first-order chi connectivity index (χ1) is 9.87. The van der Waals surface area contributed by atoms with Crippen molar-refractivity contribution in [3.05, 3.63) is 6.42 Å². The molecular weight excluding hydrogens is 286 g/mol. The molecule has 6 heteroatoms. The first-order valence-corrected chi connectivity index (χ1v) is 9.64. The normalized spacial score (nSPS) is 14.4. The van der Waals surface area contributed by atoms with Crippen molar-refractivity contribution in [3.63, 3.8) is 0 Å². The Balaban J connectivity index is 4.35. The molecule has 0 amide bonds. The second kappa shape index (κ2) is 10.7. The topological polar surface area (TPSA) is 40.2 Å². The largest absolute Gasteiger partial charge is 0.500 e. The van der Waals surface area contributed by atoms with Gasteiger partial charge >= 0.3 is 8.80 Å². The van der Waals surface area contributed by atoms with Crippen LogP contribution in [0.4, 0.5) is 0 Å². The Morgan fingerprint density at radius 2 is 1.43 bits per heavy atom. The Labute approximate surface area is 132 Å². The van der Waals surface area contributed by atoms with E-state index in [0.717, 1.165) is 12.5 Å². The molecule has 0 N–H and O–H groups in total. The first-order valence-electron chi connectivity index (χ1n) is 7.71. The Kier molecular flexibility index (Phi) is 10.7. The van der Waals surface area contributed by atoms with Crippen molar-refractivity contribution in [2.45, 2.75) is 65.4 Å². The van der Waals surface area contributed by atoms with Gasteiger partial charge in [0.1, 0.15) is 6.23 Å². The zero-order valence-electron chi connectivity index (χ0n) is 15.0. The van der Waals surface area contributed by atoms with Crippen molar-refractivity contribution >= 4 is 8.80 Å². The molecule has 0 rings (SSSR count). The Morgan fingerprint density at radius 3 is 1.76 bits per heavy atom. The second-order valence-electron chi connectivity index (χ2n) is 5.63. The monoisotopic (exact) mass is 320 g/mol. The van der Waals surface area contributed by atoms with Gasteiger partial charge in [-0.15, -0.1) is 0 Å². The summed E-state index contributed by atoms with van der Waals surface area (Å²) < 4.78 is 22.3. The van der Waals surface area contributed by atoms with Crippen LogP contribution in [0.25, 0.3) is 0 Å². The summed E-state index contributed by atoms with van der Waals surface area (Å²) >= 11 is 0. The van der Waals surface area contributed by atoms with E-state index in [0.29, 0.717) is 18.7 Å². The van der Waals surface area contributed by atoms with E-state index in [1.807, 2.05) is 6.92 Å². The predicted octanol–water partition coefficient (Wildman–Crippen LogP) is 2.94. The Morgan fingerprint density at radius 1 is 0.952 bits per heavy atom. The molecule has 0 bridgehead atoms. The molecule has 0 heterocycles. The molecule has 0 aliphatic heterocycles. The molecule has 1 atom stereocenters. The van der Waals surface area contributed by atoms with Crippen LogP contribution in [0.2, 0.25) is 6.04 Å². The fraction of sp³-hybridized carbons (Fsp3) is 0.933. The molecule has 0 aromatic carbocycles. The van der Waals surface area contributed by atoms with Gasteiger partial charge in [0.15, 0.2) is 0 Å². The zero-order chi connectivity index (χ0) is 16.5. The molecule has 0 aromatic heterocycles. The zero-order valence-corrected chi connectivity index (χ0v) is 16.0. The number of rotatable bonds is 12. The summed E-state index contributed by atoms with van der Waals surface area (Å²) in [6.07, 6.45) is 3.00. The summed E-state index contributed by atoms with van der Waals surface area (Å²) in [5.74, 6) is 0. The molecule has 0 aromatic rings. The Bertz CT molecular complexity index is 244. The highest BCUT2D eigenvalue weighted by Gasteiger charge is 2.37. The van der Waals surface area contributed by atoms with Crippen LogP contribution in [0.3, 0.4) is 0 Å². The van der Waals surface area contributed by atoms with Gasteiger partial charge in [0.25, 0.3) is 0 Å². The molecule has 1 unspecified atom stereocenters. The van der Waals surface area contributed by atoms with Gasteiger partial charge < -0.3 is 18.0 Å². The van der Waals surface area contributed by atoms with Gasteiger partial charge in [-0.2, -0.15) is 0 Å². The van der Waals surface area contributed by atoms with Crippen LogP contribution in [0.15, 0.2) is 0 Å². The summed E-state index contributed by atoms with van der Waals surface area (Å²) in [6, 6.07) is 1.64. The highest BCUT2D eigenvalue weighted by atomic mass is 28.4. The highest BCUT2D eigenvalue weighted by Crippen LogP contribution is 2.18. The number of ether oxygens (including phenoxy) is 1. The van der Waals surface area contributed by atoms with Gasteiger partial charge in [-0.05, 0) is 34.1 Å². The lowest BCUT2D eigenvalue weighted by Gasteiger charge is -2.37. The minimum Gasteiger partial charge on any atom is -0.377 e. The first kappa shape index (κ1) is 21.0. The molecule has 1 radical (unpaired) electrons. The van der Waals surface area contributed by atoms with E-state index >= 15 is 0 Å². The van der Waals surface area contributed by atoms with Crippen molar-refractivity contribution in [2.75, 3.05) is 27.9 Å². The van der Waals surface area contributed by atoms with Crippen LogP contribution in [-0.4, -0.2) is 60.0 Å². The summed E-state index contributed by atoms with van der Waals surface area (Å²) in [5.41, 5.74) is 0. The lowest BCUT2D eigenvalue weighted by Crippen LogP contribution is -2.47. The molecule has 0 saturated carbocycles. The van der Waals surface area contributed by atoms with Gasteiger partial charge in [-0.1, -0.05) is 6.92 Å². The van der Waals surface area contributed by atoms with Crippen LogP contribution >= 0.6 is 0 Å². The highest BCUT2D eigenvalue weighted by molar-refractivity contribution is 6.60. The third-order valence-corrected chi connectivity index (χ3v) is 6.45. The second-order valence-corrected chi connectivity index (χ2v) is 8.72. The van der Waals surface area contributed by atoms with E-state index in [2.05, 4.69) is 39.0 Å². The molecular formula is C15H34NO4Si. The molecule has 0 fully saturated rings. The third-order valence-electron chi connectivity index (χ3n) is 3.62. The van der Waals surface area contributed by atoms with Crippen LogP contribution in [0.5, 0.6) is 0 Å². The van der Waals surface area contributed by atoms with E-state index in [9.17, 15) is 0 Å². The summed E-state index contributed by atoms with van der Waals surface area (Å²) in [5, 5.41) is 0. The smallest absolute Gasteiger partial charge is 0.377 e. The third kappa shape index (κ3) is 6.75. The van der Waals surface area contributed by atoms with Crippen molar-refractivity contribution in [3.8, 4) is 0 Å². The maximum absolute atomic E-state index is 6.03. The van der Waals surface area contributed by atoms with Gasteiger partial charge in [-0.3, -0.25) is 4.90 Å². The standard InChI is InChI=1S/C15H34NO4Si/c1-9-15(16(13(2)3)14(4)5)20-11-10-12-21(17-6,18-7)19-8/h9,13-15H,10-12H2,1-8H3. The molecule has 5 nitrogen and oxygen atoms in total. The molecule has 0 saturated heterocycles. The van der Waals surface area contributed by atoms with Crippen LogP contribution < -0.4 is 0 Å². The van der Waals surface area contributed by atoms with Crippen LogP contribution in [0, 0.1) is 6.42 Å². The number of hydrogen-bond acceptors (Lipinski definition) is 5. The minimum atomic E-state index is -2.47. The van der Waals surface area contributed by atoms with Gasteiger partial charge in [0.2, 0.25) is 0 Å². The SMILES string of the molecule is C[CH]C(OCCC[Si](OC)(OC)OC)N(C(C)C)C(C)C. The average Bonchev–Trinajstić information content (AvgIpc) is 2.45. The van der Waals surface area contributed by atoms with Crippen LogP contribution in [-0.2, 0) is 18.0 Å². The van der Waals surface area contributed by atoms with Gasteiger partial charge in [0.05, 0.1) is 0 Å². The lowest BCUT2D eigenvalue weighted by molar-refractivity contribution is -0.0681. The summed E-state index contributed by atoms with van der Waals surface area (Å²) in [7, 11) is 2.45. The molecule has 127 valence electrons. The fourth-order valence-electron chi connectivity index (χ4n) is 2.59. The Hall–Kier alpha value is 0.0169. The fourth-order valence-corrected chi connectivity index (χ4v) is 4.28. The number of hydrogen-bond donors (Lipinski definition) is 0. The average molecular weight is 321 g/mol. The number of nitrogens with zero attached hydrogens (tertiary/aromatic N) is 1. The molecule has 0 aliphatic rings. The van der Waals surface area contributed by atoms with Gasteiger partial charge in [-0.25, -0.2) is 0 Å². The van der Waals surface area contributed by atoms with Crippen LogP contribution in [0.1, 0.15) is 41.0 Å². The van der Waals surface area contributed by atoms with Crippen molar-refractivity contribution < 1.29 is 18.0 Å². The maximum Gasteiger partial charge on any atom is 0.500 e. The van der Waals surface area contributed by atoms with E-state index in [1.54, 1.807) is 21.3 Å². The van der Waals surface area contributed by atoms with Crippen molar-refractivity contribution in [1.82, 2.24) is 4.90 Å². The van der Waals surface area contributed by atoms with Crippen molar-refractivity contribution in [1.29, 1.82) is 0 Å². The molecule has 21 heavy (non-hydrogen) atoms. The van der Waals surface area contributed by atoms with E-state index in [-0.39, 0.29) is 6.23 Å². The van der Waals surface area contributed by atoms with E-state index in [1.165, 1.54) is 0 Å².